The van der Waals surface area contributed by atoms with Crippen molar-refractivity contribution in [3.8, 4) is 5.75 Å². The van der Waals surface area contributed by atoms with E-state index >= 15 is 0 Å². The van der Waals surface area contributed by atoms with E-state index in [0.29, 0.717) is 18.0 Å². The molecule has 2 aromatic rings. The predicted octanol–water partition coefficient (Wildman–Crippen LogP) is 2.76. The lowest BCUT2D eigenvalue weighted by Crippen LogP contribution is -2.39. The zero-order valence-electron chi connectivity index (χ0n) is 17.8. The summed E-state index contributed by atoms with van der Waals surface area (Å²) in [5.74, 6) is -0.346. The number of carbonyl (C=O) groups is 3. The molecule has 1 aliphatic rings. The molecule has 0 aromatic heterocycles. The Hall–Kier alpha value is -3.35. The number of rotatable bonds is 6. The van der Waals surface area contributed by atoms with Crippen LogP contribution < -0.4 is 15.0 Å². The molecule has 0 aliphatic carbocycles. The van der Waals surface area contributed by atoms with Crippen LogP contribution in [0, 0.1) is 19.8 Å². The van der Waals surface area contributed by atoms with Crippen molar-refractivity contribution in [3.63, 3.8) is 0 Å². The normalized spacial score (nSPS) is 15.8. The molecule has 0 bridgehead atoms. The average Bonchev–Trinajstić information content (AvgIpc) is 3.11. The maximum Gasteiger partial charge on any atom is 0.243 e. The summed E-state index contributed by atoms with van der Waals surface area (Å²) >= 11 is 0. The van der Waals surface area contributed by atoms with Crippen molar-refractivity contribution in [2.24, 2.45) is 5.92 Å². The Kier molecular flexibility index (Phi) is 6.40. The summed E-state index contributed by atoms with van der Waals surface area (Å²) in [6.45, 7) is 4.21. The first-order chi connectivity index (χ1) is 14.3. The van der Waals surface area contributed by atoms with E-state index in [1.165, 1.54) is 4.90 Å². The maximum absolute atomic E-state index is 12.8. The lowest BCUT2D eigenvalue weighted by Gasteiger charge is -2.22. The van der Waals surface area contributed by atoms with Crippen LogP contribution in [-0.2, 0) is 14.4 Å². The highest BCUT2D eigenvalue weighted by atomic mass is 16.5. The molecule has 7 heteroatoms. The minimum atomic E-state index is -0.462. The summed E-state index contributed by atoms with van der Waals surface area (Å²) in [6, 6.07) is 12.8. The highest BCUT2D eigenvalue weighted by molar-refractivity contribution is 6.02. The van der Waals surface area contributed by atoms with Gasteiger partial charge in [-0.2, -0.15) is 0 Å². The second-order valence-corrected chi connectivity index (χ2v) is 7.60. The van der Waals surface area contributed by atoms with Gasteiger partial charge in [0.25, 0.3) is 0 Å². The molecule has 3 rings (SSSR count). The van der Waals surface area contributed by atoms with Gasteiger partial charge in [-0.1, -0.05) is 12.1 Å². The molecule has 1 saturated heterocycles. The van der Waals surface area contributed by atoms with Gasteiger partial charge >= 0.3 is 0 Å². The Morgan fingerprint density at radius 2 is 1.87 bits per heavy atom. The molecule has 158 valence electrons. The van der Waals surface area contributed by atoms with Crippen LogP contribution in [0.4, 0.5) is 11.4 Å². The molecule has 0 radical (unpaired) electrons. The van der Waals surface area contributed by atoms with Crippen molar-refractivity contribution in [1.29, 1.82) is 0 Å². The third-order valence-corrected chi connectivity index (χ3v) is 5.47. The molecule has 1 heterocycles. The van der Waals surface area contributed by atoms with E-state index in [9.17, 15) is 14.4 Å². The molecule has 1 aliphatic heterocycles. The molecule has 1 atom stereocenters. The van der Waals surface area contributed by atoms with Crippen LogP contribution in [0.1, 0.15) is 17.5 Å². The summed E-state index contributed by atoms with van der Waals surface area (Å²) in [4.78, 5) is 40.8. The van der Waals surface area contributed by atoms with Crippen LogP contribution in [0.5, 0.6) is 5.75 Å². The molecule has 3 amide bonds. The second-order valence-electron chi connectivity index (χ2n) is 7.60. The van der Waals surface area contributed by atoms with Crippen LogP contribution >= 0.6 is 0 Å². The number of hydrogen-bond acceptors (Lipinski definition) is 4. The van der Waals surface area contributed by atoms with Gasteiger partial charge in [0.05, 0.1) is 19.6 Å². The van der Waals surface area contributed by atoms with Crippen LogP contribution in [-0.4, -0.2) is 49.9 Å². The number of anilines is 2. The van der Waals surface area contributed by atoms with Crippen molar-refractivity contribution in [3.05, 3.63) is 53.6 Å². The van der Waals surface area contributed by atoms with Crippen molar-refractivity contribution in [2.75, 3.05) is 37.5 Å². The van der Waals surface area contributed by atoms with E-state index in [2.05, 4.69) is 5.32 Å². The Bertz CT molecular complexity index is 955. The minimum Gasteiger partial charge on any atom is -0.497 e. The van der Waals surface area contributed by atoms with Gasteiger partial charge in [-0.05, 0) is 55.3 Å². The molecular formula is C23H27N3O4. The van der Waals surface area contributed by atoms with E-state index in [4.69, 9.17) is 4.74 Å². The van der Waals surface area contributed by atoms with Crippen molar-refractivity contribution < 1.29 is 19.1 Å². The Labute approximate surface area is 176 Å². The molecule has 30 heavy (non-hydrogen) atoms. The van der Waals surface area contributed by atoms with Crippen molar-refractivity contribution in [1.82, 2.24) is 4.90 Å². The fourth-order valence-corrected chi connectivity index (χ4v) is 3.61. The van der Waals surface area contributed by atoms with Gasteiger partial charge in [-0.25, -0.2) is 0 Å². The fourth-order valence-electron chi connectivity index (χ4n) is 3.61. The Morgan fingerprint density at radius 3 is 2.53 bits per heavy atom. The van der Waals surface area contributed by atoms with E-state index in [1.54, 1.807) is 43.3 Å². The van der Waals surface area contributed by atoms with Gasteiger partial charge in [-0.15, -0.1) is 0 Å². The summed E-state index contributed by atoms with van der Waals surface area (Å²) < 4.78 is 5.09. The van der Waals surface area contributed by atoms with E-state index in [0.717, 1.165) is 16.8 Å². The van der Waals surface area contributed by atoms with Gasteiger partial charge < -0.3 is 19.9 Å². The summed E-state index contributed by atoms with van der Waals surface area (Å²) in [5, 5.41) is 2.76. The smallest absolute Gasteiger partial charge is 0.243 e. The number of likely N-dealkylation sites (N-methyl/N-ethyl adjacent to an activating group) is 1. The number of ether oxygens (including phenoxy) is 1. The molecule has 1 fully saturated rings. The van der Waals surface area contributed by atoms with Gasteiger partial charge in [0.1, 0.15) is 5.75 Å². The first-order valence-electron chi connectivity index (χ1n) is 9.85. The Balaban J connectivity index is 1.59. The lowest BCUT2D eigenvalue weighted by atomic mass is 10.1. The average molecular weight is 409 g/mol. The topological polar surface area (TPSA) is 79.0 Å². The Morgan fingerprint density at radius 1 is 1.17 bits per heavy atom. The number of nitrogens with zero attached hydrogens (tertiary/aromatic N) is 2. The predicted molar refractivity (Wildman–Crippen MR) is 116 cm³/mol. The number of methoxy groups -OCH3 is 1. The third-order valence-electron chi connectivity index (χ3n) is 5.47. The summed E-state index contributed by atoms with van der Waals surface area (Å²) in [5.41, 5.74) is 3.60. The highest BCUT2D eigenvalue weighted by Crippen LogP contribution is 2.30. The summed E-state index contributed by atoms with van der Waals surface area (Å²) in [7, 11) is 3.16. The monoisotopic (exact) mass is 409 g/mol. The fraction of sp³-hybridized carbons (Fsp3) is 0.348. The van der Waals surface area contributed by atoms with Gasteiger partial charge in [0, 0.05) is 31.4 Å². The second kappa shape index (κ2) is 8.98. The molecule has 0 saturated carbocycles. The van der Waals surface area contributed by atoms with Crippen LogP contribution in [0.15, 0.2) is 42.5 Å². The van der Waals surface area contributed by atoms with Crippen LogP contribution in [0.3, 0.4) is 0 Å². The molecular weight excluding hydrogens is 382 g/mol. The van der Waals surface area contributed by atoms with Crippen molar-refractivity contribution >= 4 is 29.1 Å². The lowest BCUT2D eigenvalue weighted by molar-refractivity contribution is -0.137. The number of benzene rings is 2. The van der Waals surface area contributed by atoms with Crippen molar-refractivity contribution in [2.45, 2.75) is 20.3 Å². The number of carbonyl (C=O) groups excluding carboxylic acids is 3. The molecule has 0 unspecified atom stereocenters. The zero-order valence-corrected chi connectivity index (χ0v) is 17.8. The first-order valence-corrected chi connectivity index (χ1v) is 9.85. The molecule has 1 N–H and O–H groups in total. The highest BCUT2D eigenvalue weighted by Gasteiger charge is 2.37. The SMILES string of the molecule is COc1ccc(NC(=O)CN(C)C(=O)[C@H]2CC(=O)N(c3cccc(C)c3C)C2)cc1. The number of hydrogen-bond donors (Lipinski definition) is 1. The van der Waals surface area contributed by atoms with Crippen LogP contribution in [0.25, 0.3) is 0 Å². The summed E-state index contributed by atoms with van der Waals surface area (Å²) in [6.07, 6.45) is 0.149. The third kappa shape index (κ3) is 4.62. The van der Waals surface area contributed by atoms with E-state index in [-0.39, 0.29) is 30.7 Å². The molecule has 0 spiro atoms. The standard InChI is InChI=1S/C23H27N3O4/c1-15-6-5-7-20(16(15)2)26-13-17(12-22(26)28)23(29)25(3)14-21(27)24-18-8-10-19(30-4)11-9-18/h5-11,17H,12-14H2,1-4H3,(H,24,27)/t17-/m0/s1. The van der Waals surface area contributed by atoms with E-state index in [1.807, 2.05) is 32.0 Å². The number of amides is 3. The van der Waals surface area contributed by atoms with E-state index < -0.39 is 5.92 Å². The number of aryl methyl sites for hydroxylation is 1. The quantitative estimate of drug-likeness (QED) is 0.796. The van der Waals surface area contributed by atoms with Crippen LogP contribution in [0.2, 0.25) is 0 Å². The van der Waals surface area contributed by atoms with Gasteiger partial charge in [-0.3, -0.25) is 14.4 Å². The maximum atomic E-state index is 12.8. The molecule has 7 nitrogen and oxygen atoms in total. The number of nitrogens with one attached hydrogen (secondary N) is 1. The van der Waals surface area contributed by atoms with Gasteiger partial charge in [0.15, 0.2) is 0 Å². The largest absolute Gasteiger partial charge is 0.497 e. The zero-order chi connectivity index (χ0) is 21.8. The van der Waals surface area contributed by atoms with Gasteiger partial charge in [0.2, 0.25) is 17.7 Å². The first kappa shape index (κ1) is 21.4. The molecule has 2 aromatic carbocycles. The minimum absolute atomic E-state index is 0.0712.